The van der Waals surface area contributed by atoms with Gasteiger partial charge in [0.05, 0.1) is 0 Å². The van der Waals surface area contributed by atoms with Gasteiger partial charge in [-0.05, 0) is 13.3 Å². The van der Waals surface area contributed by atoms with Crippen molar-refractivity contribution < 1.29 is 14.7 Å². The summed E-state index contributed by atoms with van der Waals surface area (Å²) in [6.07, 6.45) is 6.40. The van der Waals surface area contributed by atoms with E-state index in [1.165, 1.54) is 6.92 Å². The lowest BCUT2D eigenvalue weighted by Gasteiger charge is -2.07. The minimum Gasteiger partial charge on any atom is -0.480 e. The number of carbonyl (C=O) groups is 2. The van der Waals surface area contributed by atoms with Crippen LogP contribution in [0.4, 0.5) is 0 Å². The molecule has 72 valence electrons. The molecule has 4 nitrogen and oxygen atoms in total. The molecule has 0 aromatic heterocycles. The van der Waals surface area contributed by atoms with Gasteiger partial charge in [-0.1, -0.05) is 0 Å². The Labute approximate surface area is 77.3 Å². The van der Waals surface area contributed by atoms with Crippen LogP contribution < -0.4 is 5.32 Å². The van der Waals surface area contributed by atoms with Crippen LogP contribution in [0.5, 0.6) is 0 Å². The highest BCUT2D eigenvalue weighted by molar-refractivity contribution is 5.83. The zero-order valence-electron chi connectivity index (χ0n) is 7.54. The van der Waals surface area contributed by atoms with Gasteiger partial charge in [-0.2, -0.15) is 0 Å². The summed E-state index contributed by atoms with van der Waals surface area (Å²) in [4.78, 5) is 21.3. The zero-order chi connectivity index (χ0) is 10.3. The van der Waals surface area contributed by atoms with Crippen molar-refractivity contribution in [3.8, 4) is 12.3 Å². The summed E-state index contributed by atoms with van der Waals surface area (Å²) in [6.45, 7) is 1.42. The molecule has 0 fully saturated rings. The minimum absolute atomic E-state index is 0.273. The summed E-state index contributed by atoms with van der Waals surface area (Å²) in [5.74, 6) is 1.09. The highest BCUT2D eigenvalue weighted by atomic mass is 16.4. The molecule has 1 atom stereocenters. The topological polar surface area (TPSA) is 66.4 Å². The van der Waals surface area contributed by atoms with Crippen molar-refractivity contribution in [3.63, 3.8) is 0 Å². The van der Waals surface area contributed by atoms with E-state index in [-0.39, 0.29) is 12.3 Å². The van der Waals surface area contributed by atoms with Crippen LogP contribution in [-0.2, 0) is 9.59 Å². The Balaban J connectivity index is 3.63. The third kappa shape index (κ3) is 5.74. The van der Waals surface area contributed by atoms with Crippen molar-refractivity contribution in [1.82, 2.24) is 5.32 Å². The molecule has 0 aliphatic carbocycles. The summed E-state index contributed by atoms with van der Waals surface area (Å²) < 4.78 is 0. The Hall–Kier alpha value is -1.50. The van der Waals surface area contributed by atoms with Gasteiger partial charge in [0, 0.05) is 12.8 Å². The first-order chi connectivity index (χ1) is 6.07. The maximum atomic E-state index is 11.0. The minimum atomic E-state index is -1.04. The van der Waals surface area contributed by atoms with E-state index in [0.717, 1.165) is 0 Å². The number of hydrogen-bond donors (Lipinski definition) is 2. The first-order valence-electron chi connectivity index (χ1n) is 4.03. The van der Waals surface area contributed by atoms with E-state index in [0.29, 0.717) is 12.8 Å². The molecule has 1 amide bonds. The summed E-state index contributed by atoms with van der Waals surface area (Å²) in [7, 11) is 0. The van der Waals surface area contributed by atoms with Crippen molar-refractivity contribution in [1.29, 1.82) is 0 Å². The van der Waals surface area contributed by atoms with Crippen LogP contribution in [0.1, 0.15) is 26.2 Å². The average molecular weight is 183 g/mol. The number of carboxylic acid groups (broad SMARTS) is 1. The Kier molecular flexibility index (Phi) is 5.37. The molecule has 0 aromatic carbocycles. The van der Waals surface area contributed by atoms with Gasteiger partial charge in [-0.3, -0.25) is 9.59 Å². The number of aliphatic carboxylic acids is 1. The molecule has 0 radical (unpaired) electrons. The summed E-state index contributed by atoms with van der Waals surface area (Å²) >= 11 is 0. The van der Waals surface area contributed by atoms with Gasteiger partial charge in [0.2, 0.25) is 5.91 Å². The molecule has 0 aliphatic rings. The second kappa shape index (κ2) is 6.06. The molecule has 0 bridgehead atoms. The fourth-order valence-corrected chi connectivity index (χ4v) is 0.726. The molecule has 0 saturated heterocycles. The Morgan fingerprint density at radius 3 is 2.69 bits per heavy atom. The van der Waals surface area contributed by atoms with Crippen molar-refractivity contribution in [2.75, 3.05) is 0 Å². The van der Waals surface area contributed by atoms with E-state index < -0.39 is 12.0 Å². The van der Waals surface area contributed by atoms with Crippen LogP contribution in [0.2, 0.25) is 0 Å². The van der Waals surface area contributed by atoms with Crippen molar-refractivity contribution >= 4 is 11.9 Å². The number of carboxylic acids is 1. The molecule has 0 spiro atoms. The summed E-state index contributed by atoms with van der Waals surface area (Å²) in [5.41, 5.74) is 0. The van der Waals surface area contributed by atoms with Crippen LogP contribution in [0.15, 0.2) is 0 Å². The highest BCUT2D eigenvalue weighted by Crippen LogP contribution is 1.94. The van der Waals surface area contributed by atoms with Gasteiger partial charge >= 0.3 is 5.97 Å². The number of terminal acetylenes is 1. The molecular formula is C9H13NO3. The predicted octanol–water partition coefficient (Wildman–Crippen LogP) is 0.379. The predicted molar refractivity (Wildman–Crippen MR) is 47.9 cm³/mol. The fourth-order valence-electron chi connectivity index (χ4n) is 0.726. The highest BCUT2D eigenvalue weighted by Gasteiger charge is 2.12. The van der Waals surface area contributed by atoms with Crippen LogP contribution in [0.3, 0.4) is 0 Å². The average Bonchev–Trinajstić information content (AvgIpc) is 2.04. The normalized spacial score (nSPS) is 11.4. The van der Waals surface area contributed by atoms with Crippen LogP contribution >= 0.6 is 0 Å². The molecule has 13 heavy (non-hydrogen) atoms. The number of rotatable bonds is 5. The van der Waals surface area contributed by atoms with E-state index in [1.54, 1.807) is 0 Å². The molecule has 0 saturated carbocycles. The number of hydrogen-bond acceptors (Lipinski definition) is 2. The standard InChI is InChI=1S/C9H13NO3/c1-3-4-5-6-8(11)10-7(2)9(12)13/h1,7H,4-6H2,2H3,(H,10,11)(H,12,13). The van der Waals surface area contributed by atoms with E-state index >= 15 is 0 Å². The maximum absolute atomic E-state index is 11.0. The van der Waals surface area contributed by atoms with Gasteiger partial charge < -0.3 is 10.4 Å². The van der Waals surface area contributed by atoms with Gasteiger partial charge in [0.15, 0.2) is 0 Å². The van der Waals surface area contributed by atoms with Crippen molar-refractivity contribution in [2.45, 2.75) is 32.2 Å². The van der Waals surface area contributed by atoms with Gasteiger partial charge in [0.25, 0.3) is 0 Å². The molecule has 0 heterocycles. The number of unbranched alkanes of at least 4 members (excludes halogenated alkanes) is 1. The molecule has 0 aliphatic heterocycles. The van der Waals surface area contributed by atoms with Crippen LogP contribution in [0.25, 0.3) is 0 Å². The van der Waals surface area contributed by atoms with E-state index in [4.69, 9.17) is 11.5 Å². The number of amides is 1. The summed E-state index contributed by atoms with van der Waals surface area (Å²) in [6, 6.07) is -0.835. The Morgan fingerprint density at radius 1 is 1.62 bits per heavy atom. The summed E-state index contributed by atoms with van der Waals surface area (Å²) in [5, 5.41) is 10.8. The van der Waals surface area contributed by atoms with Crippen LogP contribution in [-0.4, -0.2) is 23.0 Å². The lowest BCUT2D eigenvalue weighted by Crippen LogP contribution is -2.38. The Bertz CT molecular complexity index is 230. The fraction of sp³-hybridized carbons (Fsp3) is 0.556. The molecule has 4 heteroatoms. The SMILES string of the molecule is C#CCCCC(=O)NC(C)C(=O)O. The van der Waals surface area contributed by atoms with E-state index in [2.05, 4.69) is 11.2 Å². The third-order valence-electron chi connectivity index (χ3n) is 1.47. The van der Waals surface area contributed by atoms with Crippen molar-refractivity contribution in [3.05, 3.63) is 0 Å². The third-order valence-corrected chi connectivity index (χ3v) is 1.47. The molecule has 2 N–H and O–H groups in total. The molecular weight excluding hydrogens is 170 g/mol. The Morgan fingerprint density at radius 2 is 2.23 bits per heavy atom. The lowest BCUT2D eigenvalue weighted by molar-refractivity contribution is -0.141. The molecule has 0 rings (SSSR count). The van der Waals surface area contributed by atoms with Gasteiger partial charge in [0.1, 0.15) is 6.04 Å². The lowest BCUT2D eigenvalue weighted by atomic mass is 10.2. The second-order valence-corrected chi connectivity index (χ2v) is 2.69. The van der Waals surface area contributed by atoms with Crippen molar-refractivity contribution in [2.24, 2.45) is 0 Å². The van der Waals surface area contributed by atoms with E-state index in [9.17, 15) is 9.59 Å². The number of nitrogens with one attached hydrogen (secondary N) is 1. The molecule has 1 unspecified atom stereocenters. The monoisotopic (exact) mass is 183 g/mol. The number of carbonyl (C=O) groups excluding carboxylic acids is 1. The van der Waals surface area contributed by atoms with Gasteiger partial charge in [-0.15, -0.1) is 12.3 Å². The first-order valence-corrected chi connectivity index (χ1v) is 4.03. The quantitative estimate of drug-likeness (QED) is 0.478. The smallest absolute Gasteiger partial charge is 0.325 e. The van der Waals surface area contributed by atoms with Crippen LogP contribution in [0, 0.1) is 12.3 Å². The molecule has 0 aromatic rings. The second-order valence-electron chi connectivity index (χ2n) is 2.69. The first kappa shape index (κ1) is 11.5. The van der Waals surface area contributed by atoms with E-state index in [1.807, 2.05) is 0 Å². The zero-order valence-corrected chi connectivity index (χ0v) is 7.54. The largest absolute Gasteiger partial charge is 0.480 e. The maximum Gasteiger partial charge on any atom is 0.325 e. The van der Waals surface area contributed by atoms with Gasteiger partial charge in [-0.25, -0.2) is 0 Å².